The number of carbonyl (C=O) groups excluding carboxylic acids is 2. The van der Waals surface area contributed by atoms with E-state index in [4.69, 9.17) is 0 Å². The molecule has 0 unspecified atom stereocenters. The highest BCUT2D eigenvalue weighted by atomic mass is 16.3. The molecule has 0 bridgehead atoms. The molecule has 2 rings (SSSR count). The molecule has 2 aliphatic rings. The van der Waals surface area contributed by atoms with E-state index in [0.29, 0.717) is 24.0 Å². The van der Waals surface area contributed by atoms with Crippen LogP contribution in [0, 0.1) is 22.7 Å². The Morgan fingerprint density at radius 1 is 0.682 bits per heavy atom. The summed E-state index contributed by atoms with van der Waals surface area (Å²) in [5.41, 5.74) is 6.58. The number of hydrogen-bond acceptors (Lipinski definition) is 4. The summed E-state index contributed by atoms with van der Waals surface area (Å²) in [5.74, 6) is 5.93. The Morgan fingerprint density at radius 3 is 1.70 bits per heavy atom. The molecule has 2 N–H and O–H groups in total. The molecule has 234 valence electrons. The van der Waals surface area contributed by atoms with Crippen molar-refractivity contribution in [2.45, 2.75) is 94.3 Å². The molecule has 2 atom stereocenters. The maximum Gasteiger partial charge on any atom is 0.187 e. The maximum atomic E-state index is 12.2. The van der Waals surface area contributed by atoms with Crippen molar-refractivity contribution in [2.75, 3.05) is 0 Å². The van der Waals surface area contributed by atoms with Gasteiger partial charge in [0.05, 0.1) is 0 Å². The van der Waals surface area contributed by atoms with Crippen molar-refractivity contribution < 1.29 is 19.8 Å². The quantitative estimate of drug-likeness (QED) is 0.219. The standard InChI is InChI=1S/C40H50O4/c1-27(17-13-19-29(3)21-23-33-31(5)37(43)35(41)25-39(33,7)8)15-11-12-16-28(2)18-14-20-30(4)22-24-34-32(6)38(44)36(42)26-40(34,9)10/h11-21,23,35-36,41-42H,25-26H2,1-10H3/t35-,36-/m0/s1. The first-order chi connectivity index (χ1) is 20.5. The van der Waals surface area contributed by atoms with Crippen LogP contribution in [0.5, 0.6) is 0 Å². The van der Waals surface area contributed by atoms with Crippen molar-refractivity contribution in [1.82, 2.24) is 0 Å². The van der Waals surface area contributed by atoms with Crippen LogP contribution >= 0.6 is 0 Å². The van der Waals surface area contributed by atoms with Gasteiger partial charge < -0.3 is 10.2 Å². The predicted octanol–water partition coefficient (Wildman–Crippen LogP) is 8.35. The van der Waals surface area contributed by atoms with Crippen LogP contribution in [0.1, 0.15) is 82.1 Å². The molecule has 0 aromatic heterocycles. The second kappa shape index (κ2) is 15.8. The van der Waals surface area contributed by atoms with Crippen LogP contribution in [-0.2, 0) is 9.59 Å². The summed E-state index contributed by atoms with van der Waals surface area (Å²) < 4.78 is 0. The fraction of sp³-hybridized carbons (Fsp3) is 0.400. The van der Waals surface area contributed by atoms with Crippen LogP contribution in [0.25, 0.3) is 0 Å². The number of allylic oxidation sites excluding steroid dienone is 18. The minimum absolute atomic E-state index is 0.177. The number of rotatable bonds is 8. The van der Waals surface area contributed by atoms with Crippen molar-refractivity contribution in [2.24, 2.45) is 10.8 Å². The summed E-state index contributed by atoms with van der Waals surface area (Å²) in [6.07, 6.45) is 23.1. The predicted molar refractivity (Wildman–Crippen MR) is 184 cm³/mol. The average Bonchev–Trinajstić information content (AvgIpc) is 2.92. The normalized spacial score (nSPS) is 24.0. The zero-order valence-corrected chi connectivity index (χ0v) is 28.2. The van der Waals surface area contributed by atoms with Crippen LogP contribution in [0.15, 0.2) is 117 Å². The minimum atomic E-state index is -0.940. The highest BCUT2D eigenvalue weighted by Gasteiger charge is 2.38. The second-order valence-corrected chi connectivity index (χ2v) is 13.2. The van der Waals surface area contributed by atoms with E-state index < -0.39 is 12.2 Å². The number of ketones is 2. The van der Waals surface area contributed by atoms with E-state index in [1.165, 1.54) is 0 Å². The summed E-state index contributed by atoms with van der Waals surface area (Å²) in [7, 11) is 0. The SMILES string of the molecule is CC(C#CC1=C(C)C(=O)[C@@H](O)CC1(C)C)=CC=CC(C)=CC=CC=C(C)C=CC=C(C)C=CC1=C(C)C(=O)[C@@H](O)CC1(C)C. The van der Waals surface area contributed by atoms with Gasteiger partial charge in [0.2, 0.25) is 0 Å². The zero-order valence-electron chi connectivity index (χ0n) is 28.2. The molecule has 0 radical (unpaired) electrons. The molecule has 0 heterocycles. The molecule has 4 nitrogen and oxygen atoms in total. The van der Waals surface area contributed by atoms with Crippen LogP contribution in [0.4, 0.5) is 0 Å². The molecule has 0 aromatic rings. The lowest BCUT2D eigenvalue weighted by molar-refractivity contribution is -0.126. The molecule has 2 aliphatic carbocycles. The third-order valence-corrected chi connectivity index (χ3v) is 8.09. The number of Topliss-reactive ketones (excluding diaryl/α,β-unsaturated/α-hetero) is 2. The molecule has 4 heteroatoms. The highest BCUT2D eigenvalue weighted by molar-refractivity contribution is 6.01. The molecular weight excluding hydrogens is 544 g/mol. The summed E-state index contributed by atoms with van der Waals surface area (Å²) >= 11 is 0. The van der Waals surface area contributed by atoms with E-state index in [9.17, 15) is 19.8 Å². The lowest BCUT2D eigenvalue weighted by atomic mass is 9.71. The first-order valence-corrected chi connectivity index (χ1v) is 15.3. The van der Waals surface area contributed by atoms with Gasteiger partial charge in [-0.3, -0.25) is 9.59 Å². The topological polar surface area (TPSA) is 74.6 Å². The molecule has 0 saturated heterocycles. The molecule has 0 fully saturated rings. The molecule has 0 aliphatic heterocycles. The van der Waals surface area contributed by atoms with Crippen LogP contribution in [-0.4, -0.2) is 34.0 Å². The minimum Gasteiger partial charge on any atom is -0.385 e. The average molecular weight is 595 g/mol. The Hall–Kier alpha value is -3.78. The lowest BCUT2D eigenvalue weighted by Crippen LogP contribution is -2.35. The Labute approximate surface area is 265 Å². The van der Waals surface area contributed by atoms with Gasteiger partial charge in [0, 0.05) is 16.6 Å². The van der Waals surface area contributed by atoms with Gasteiger partial charge in [0.1, 0.15) is 12.2 Å². The summed E-state index contributed by atoms with van der Waals surface area (Å²) in [6.45, 7) is 19.7. The van der Waals surface area contributed by atoms with Gasteiger partial charge in [0.25, 0.3) is 0 Å². The first kappa shape index (κ1) is 36.4. The molecule has 0 amide bonds. The smallest absolute Gasteiger partial charge is 0.187 e. The van der Waals surface area contributed by atoms with Gasteiger partial charge in [-0.05, 0) is 76.5 Å². The van der Waals surface area contributed by atoms with Crippen LogP contribution in [0.2, 0.25) is 0 Å². The number of hydrogen-bond donors (Lipinski definition) is 2. The number of carbonyl (C=O) groups is 2. The maximum absolute atomic E-state index is 12.2. The number of aliphatic hydroxyl groups is 2. The van der Waals surface area contributed by atoms with Crippen LogP contribution in [0.3, 0.4) is 0 Å². The lowest BCUT2D eigenvalue weighted by Gasteiger charge is -2.34. The fourth-order valence-corrected chi connectivity index (χ4v) is 5.44. The van der Waals surface area contributed by atoms with E-state index in [1.807, 2.05) is 114 Å². The summed E-state index contributed by atoms with van der Waals surface area (Å²) in [5, 5.41) is 20.0. The molecule has 44 heavy (non-hydrogen) atoms. The molecule has 0 aromatic carbocycles. The molecular formula is C40H50O4. The molecule has 0 saturated carbocycles. The van der Waals surface area contributed by atoms with Gasteiger partial charge in [-0.2, -0.15) is 0 Å². The van der Waals surface area contributed by atoms with Gasteiger partial charge in [-0.15, -0.1) is 0 Å². The van der Waals surface area contributed by atoms with E-state index in [-0.39, 0.29) is 22.4 Å². The Morgan fingerprint density at radius 2 is 1.14 bits per heavy atom. The van der Waals surface area contributed by atoms with Gasteiger partial charge >= 0.3 is 0 Å². The first-order valence-electron chi connectivity index (χ1n) is 15.3. The van der Waals surface area contributed by atoms with Crippen molar-refractivity contribution in [3.05, 3.63) is 117 Å². The van der Waals surface area contributed by atoms with E-state index in [0.717, 1.165) is 33.4 Å². The van der Waals surface area contributed by atoms with E-state index in [1.54, 1.807) is 13.8 Å². The largest absolute Gasteiger partial charge is 0.385 e. The van der Waals surface area contributed by atoms with Crippen LogP contribution < -0.4 is 0 Å². The van der Waals surface area contributed by atoms with Gasteiger partial charge in [-0.25, -0.2) is 0 Å². The zero-order chi connectivity index (χ0) is 33.2. The van der Waals surface area contributed by atoms with Crippen molar-refractivity contribution in [1.29, 1.82) is 0 Å². The van der Waals surface area contributed by atoms with Crippen molar-refractivity contribution in [3.8, 4) is 11.8 Å². The summed E-state index contributed by atoms with van der Waals surface area (Å²) in [6, 6.07) is 0. The Kier molecular flexibility index (Phi) is 13.1. The van der Waals surface area contributed by atoms with Gasteiger partial charge in [-0.1, -0.05) is 129 Å². The second-order valence-electron chi connectivity index (χ2n) is 13.2. The highest BCUT2D eigenvalue weighted by Crippen LogP contribution is 2.40. The Bertz CT molecular complexity index is 1510. The third-order valence-electron chi connectivity index (χ3n) is 8.09. The summed E-state index contributed by atoms with van der Waals surface area (Å²) in [4.78, 5) is 24.4. The molecule has 0 spiro atoms. The van der Waals surface area contributed by atoms with E-state index >= 15 is 0 Å². The monoisotopic (exact) mass is 594 g/mol. The fourth-order valence-electron chi connectivity index (χ4n) is 5.44. The van der Waals surface area contributed by atoms with Crippen molar-refractivity contribution in [3.63, 3.8) is 0 Å². The Balaban J connectivity index is 1.97. The van der Waals surface area contributed by atoms with Gasteiger partial charge in [0.15, 0.2) is 11.6 Å². The van der Waals surface area contributed by atoms with Crippen molar-refractivity contribution >= 4 is 11.6 Å². The number of aliphatic hydroxyl groups excluding tert-OH is 2. The third kappa shape index (κ3) is 10.4. The van der Waals surface area contributed by atoms with E-state index in [2.05, 4.69) is 25.7 Å².